The Kier molecular flexibility index (Phi) is 3.52. The molecule has 2 N–H and O–H groups in total. The van der Waals surface area contributed by atoms with Gasteiger partial charge in [0.15, 0.2) is 5.82 Å². The van der Waals surface area contributed by atoms with Crippen LogP contribution in [0, 0.1) is 0 Å². The van der Waals surface area contributed by atoms with Crippen LogP contribution in [0.5, 0.6) is 0 Å². The number of benzene rings is 1. The minimum atomic E-state index is -0.0414. The molecule has 6 heteroatoms. The van der Waals surface area contributed by atoms with Gasteiger partial charge in [-0.05, 0) is 25.0 Å². The minimum Gasteiger partial charge on any atom is -0.339 e. The van der Waals surface area contributed by atoms with Gasteiger partial charge in [0.1, 0.15) is 0 Å². The van der Waals surface area contributed by atoms with Crippen LogP contribution in [-0.2, 0) is 11.2 Å². The van der Waals surface area contributed by atoms with Crippen molar-refractivity contribution >= 4 is 23.4 Å². The van der Waals surface area contributed by atoms with E-state index in [-0.39, 0.29) is 5.41 Å². The number of nitrogens with two attached hydrogens (primary N) is 1. The zero-order chi connectivity index (χ0) is 13.3. The molecule has 19 heavy (non-hydrogen) atoms. The molecule has 0 atom stereocenters. The van der Waals surface area contributed by atoms with Gasteiger partial charge in [-0.25, -0.2) is 0 Å². The third-order valence-corrected chi connectivity index (χ3v) is 4.87. The number of aromatic nitrogens is 2. The third-order valence-electron chi connectivity index (χ3n) is 3.36. The first kappa shape index (κ1) is 13.0. The summed E-state index contributed by atoms with van der Waals surface area (Å²) in [6, 6.07) is 7.73. The van der Waals surface area contributed by atoms with E-state index in [0.29, 0.717) is 24.0 Å². The maximum Gasteiger partial charge on any atom is 0.234 e. The summed E-state index contributed by atoms with van der Waals surface area (Å²) in [6.07, 6.45) is 2.09. The molecule has 4 nitrogen and oxygen atoms in total. The molecule has 1 aromatic carbocycles. The lowest BCUT2D eigenvalue weighted by Crippen LogP contribution is -2.20. The summed E-state index contributed by atoms with van der Waals surface area (Å²) >= 11 is 7.70. The fourth-order valence-electron chi connectivity index (χ4n) is 1.89. The van der Waals surface area contributed by atoms with Crippen LogP contribution in [0.25, 0.3) is 0 Å². The van der Waals surface area contributed by atoms with Crippen molar-refractivity contribution in [2.75, 3.05) is 6.54 Å². The second-order valence-electron chi connectivity index (χ2n) is 4.72. The lowest BCUT2D eigenvalue weighted by Gasteiger charge is -2.03. The minimum absolute atomic E-state index is 0.0414. The van der Waals surface area contributed by atoms with Crippen molar-refractivity contribution in [1.29, 1.82) is 0 Å². The van der Waals surface area contributed by atoms with Crippen molar-refractivity contribution in [2.45, 2.75) is 28.9 Å². The molecule has 1 aliphatic carbocycles. The first-order valence-corrected chi connectivity index (χ1v) is 7.50. The van der Waals surface area contributed by atoms with E-state index < -0.39 is 0 Å². The number of thioether (sulfide) groups is 1. The number of rotatable bonds is 5. The summed E-state index contributed by atoms with van der Waals surface area (Å²) in [4.78, 5) is 5.46. The zero-order valence-electron chi connectivity index (χ0n) is 10.3. The van der Waals surface area contributed by atoms with Crippen molar-refractivity contribution in [2.24, 2.45) is 5.73 Å². The molecule has 0 radical (unpaired) electrons. The summed E-state index contributed by atoms with van der Waals surface area (Å²) in [6.45, 7) is 0.576. The van der Waals surface area contributed by atoms with Crippen LogP contribution in [0.15, 0.2) is 33.7 Å². The summed E-state index contributed by atoms with van der Waals surface area (Å²) < 4.78 is 5.31. The van der Waals surface area contributed by atoms with Gasteiger partial charge in [0.2, 0.25) is 5.89 Å². The molecule has 1 fully saturated rings. The highest BCUT2D eigenvalue weighted by Crippen LogP contribution is 2.46. The molecule has 3 rings (SSSR count). The third kappa shape index (κ3) is 2.63. The van der Waals surface area contributed by atoms with Crippen LogP contribution in [0.1, 0.15) is 24.6 Å². The van der Waals surface area contributed by atoms with Crippen molar-refractivity contribution in [1.82, 2.24) is 10.1 Å². The van der Waals surface area contributed by atoms with E-state index in [0.717, 1.165) is 22.8 Å². The molecule has 0 spiro atoms. The Bertz CT molecular complexity index is 583. The zero-order valence-corrected chi connectivity index (χ0v) is 11.9. The first-order valence-electron chi connectivity index (χ1n) is 6.14. The van der Waals surface area contributed by atoms with E-state index in [1.54, 1.807) is 11.8 Å². The number of hydrogen-bond acceptors (Lipinski definition) is 5. The van der Waals surface area contributed by atoms with Gasteiger partial charge in [0.05, 0.1) is 16.2 Å². The van der Waals surface area contributed by atoms with E-state index in [9.17, 15) is 0 Å². The Labute approximate surface area is 120 Å². The Morgan fingerprint density at radius 3 is 2.84 bits per heavy atom. The van der Waals surface area contributed by atoms with Crippen LogP contribution in [-0.4, -0.2) is 16.7 Å². The van der Waals surface area contributed by atoms with Gasteiger partial charge in [0, 0.05) is 11.4 Å². The van der Waals surface area contributed by atoms with Crippen molar-refractivity contribution in [3.63, 3.8) is 0 Å². The fourth-order valence-corrected chi connectivity index (χ4v) is 2.97. The predicted octanol–water partition coefficient (Wildman–Crippen LogP) is 3.01. The average molecular weight is 296 g/mol. The molecular formula is C13H14ClN3OS. The predicted molar refractivity (Wildman–Crippen MR) is 75.3 cm³/mol. The van der Waals surface area contributed by atoms with Crippen LogP contribution in [0.3, 0.4) is 0 Å². The van der Waals surface area contributed by atoms with Gasteiger partial charge < -0.3 is 10.3 Å². The maximum atomic E-state index is 6.10. The summed E-state index contributed by atoms with van der Waals surface area (Å²) in [5, 5.41) is 4.76. The Hall–Kier alpha value is -1.04. The highest BCUT2D eigenvalue weighted by molar-refractivity contribution is 7.98. The Balaban J connectivity index is 1.67. The summed E-state index contributed by atoms with van der Waals surface area (Å²) in [5.74, 6) is 2.03. The van der Waals surface area contributed by atoms with Crippen LogP contribution in [0.4, 0.5) is 0 Å². The number of hydrogen-bond donors (Lipinski definition) is 1. The lowest BCUT2D eigenvalue weighted by atomic mass is 10.1. The van der Waals surface area contributed by atoms with Gasteiger partial charge in [-0.3, -0.25) is 0 Å². The molecule has 1 heterocycles. The highest BCUT2D eigenvalue weighted by atomic mass is 35.5. The van der Waals surface area contributed by atoms with E-state index >= 15 is 0 Å². The molecule has 1 aromatic heterocycles. The lowest BCUT2D eigenvalue weighted by molar-refractivity contribution is 0.344. The molecule has 0 saturated heterocycles. The molecule has 2 aromatic rings. The highest BCUT2D eigenvalue weighted by Gasteiger charge is 2.48. The summed E-state index contributed by atoms with van der Waals surface area (Å²) in [5.41, 5.74) is 5.70. The molecule has 0 aliphatic heterocycles. The van der Waals surface area contributed by atoms with Gasteiger partial charge in [-0.1, -0.05) is 28.9 Å². The second-order valence-corrected chi connectivity index (χ2v) is 6.14. The molecule has 1 aliphatic rings. The van der Waals surface area contributed by atoms with Crippen molar-refractivity contribution in [3.8, 4) is 0 Å². The van der Waals surface area contributed by atoms with E-state index in [1.807, 2.05) is 24.3 Å². The largest absolute Gasteiger partial charge is 0.339 e. The number of halogens is 1. The van der Waals surface area contributed by atoms with Crippen LogP contribution in [0.2, 0.25) is 5.02 Å². The van der Waals surface area contributed by atoms with Gasteiger partial charge in [-0.15, -0.1) is 11.8 Å². The molecule has 0 bridgehead atoms. The fraction of sp³-hybridized carbons (Fsp3) is 0.385. The normalized spacial score (nSPS) is 16.5. The first-order chi connectivity index (χ1) is 9.23. The number of nitrogens with zero attached hydrogens (tertiary/aromatic N) is 2. The van der Waals surface area contributed by atoms with Crippen molar-refractivity contribution < 1.29 is 4.52 Å². The van der Waals surface area contributed by atoms with Gasteiger partial charge >= 0.3 is 0 Å². The second kappa shape index (κ2) is 5.15. The maximum absolute atomic E-state index is 6.10. The SMILES string of the molecule is NCC1(c2nc(CSc3ccccc3Cl)no2)CC1. The van der Waals surface area contributed by atoms with Crippen molar-refractivity contribution in [3.05, 3.63) is 41.0 Å². The summed E-state index contributed by atoms with van der Waals surface area (Å²) in [7, 11) is 0. The Morgan fingerprint density at radius 1 is 1.37 bits per heavy atom. The van der Waals surface area contributed by atoms with Crippen LogP contribution < -0.4 is 5.73 Å². The molecule has 0 unspecified atom stereocenters. The van der Waals surface area contributed by atoms with E-state index in [2.05, 4.69) is 10.1 Å². The molecule has 1 saturated carbocycles. The van der Waals surface area contributed by atoms with E-state index in [4.69, 9.17) is 21.9 Å². The smallest absolute Gasteiger partial charge is 0.234 e. The quantitative estimate of drug-likeness (QED) is 0.859. The Morgan fingerprint density at radius 2 is 2.16 bits per heavy atom. The van der Waals surface area contributed by atoms with Crippen LogP contribution >= 0.6 is 23.4 Å². The van der Waals surface area contributed by atoms with Gasteiger partial charge in [-0.2, -0.15) is 4.98 Å². The topological polar surface area (TPSA) is 64.9 Å². The van der Waals surface area contributed by atoms with E-state index in [1.165, 1.54) is 0 Å². The standard InChI is InChI=1S/C13H14ClN3OS/c14-9-3-1-2-4-10(9)19-7-11-16-12(18-17-11)13(8-15)5-6-13/h1-4H,5-8,15H2. The molecule has 100 valence electrons. The molecular weight excluding hydrogens is 282 g/mol. The molecule has 0 amide bonds. The monoisotopic (exact) mass is 295 g/mol. The average Bonchev–Trinajstić information content (AvgIpc) is 3.09. The van der Waals surface area contributed by atoms with Gasteiger partial charge in [0.25, 0.3) is 0 Å².